The molecule has 0 aliphatic heterocycles. The average Bonchev–Trinajstić information content (AvgIpc) is 2.89. The van der Waals surface area contributed by atoms with Crippen LogP contribution < -0.4 is 0 Å². The minimum atomic E-state index is -0.545. The monoisotopic (exact) mass is 258 g/mol. The number of halogens is 1. The van der Waals surface area contributed by atoms with Crippen molar-refractivity contribution in [3.8, 4) is 28.7 Å². The van der Waals surface area contributed by atoms with Crippen LogP contribution in [0.15, 0.2) is 41.3 Å². The molecule has 0 atom stereocenters. The number of nitrogens with zero attached hydrogens (tertiary/aromatic N) is 4. The Bertz CT molecular complexity index is 715. The predicted molar refractivity (Wildman–Crippen MR) is 62.4 cm³/mol. The van der Waals surface area contributed by atoms with Gasteiger partial charge in [-0.1, -0.05) is 5.16 Å². The molecule has 2 heterocycles. The lowest BCUT2D eigenvalue weighted by molar-refractivity contribution is 0.424. The quantitative estimate of drug-likeness (QED) is 0.757. The Morgan fingerprint density at radius 3 is 2.84 bits per heavy atom. The second-order valence-corrected chi connectivity index (χ2v) is 3.68. The summed E-state index contributed by atoms with van der Waals surface area (Å²) < 4.78 is 17.9. The number of phenols is 1. The van der Waals surface area contributed by atoms with Gasteiger partial charge in [-0.3, -0.25) is 0 Å². The van der Waals surface area contributed by atoms with Gasteiger partial charge in [-0.25, -0.2) is 14.4 Å². The number of hydrogen-bond donors (Lipinski definition) is 1. The Hall–Kier alpha value is -2.83. The summed E-state index contributed by atoms with van der Waals surface area (Å²) in [5.41, 5.74) is 0.751. The molecule has 2 aromatic heterocycles. The molecule has 6 nitrogen and oxygen atoms in total. The Labute approximate surface area is 106 Å². The van der Waals surface area contributed by atoms with Gasteiger partial charge >= 0.3 is 0 Å². The summed E-state index contributed by atoms with van der Waals surface area (Å²) in [4.78, 5) is 11.8. The molecule has 0 spiro atoms. The predicted octanol–water partition coefficient (Wildman–Crippen LogP) is 2.04. The van der Waals surface area contributed by atoms with Crippen LogP contribution in [0.2, 0.25) is 0 Å². The van der Waals surface area contributed by atoms with E-state index in [4.69, 9.17) is 4.52 Å². The molecule has 0 saturated heterocycles. The lowest BCUT2D eigenvalue weighted by Gasteiger charge is -1.98. The van der Waals surface area contributed by atoms with Crippen LogP contribution >= 0.6 is 0 Å². The minimum Gasteiger partial charge on any atom is -0.507 e. The van der Waals surface area contributed by atoms with E-state index in [0.717, 1.165) is 6.07 Å². The molecule has 0 bridgehead atoms. The van der Waals surface area contributed by atoms with Gasteiger partial charge in [0.15, 0.2) is 0 Å². The Kier molecular flexibility index (Phi) is 2.64. The van der Waals surface area contributed by atoms with Crippen molar-refractivity contribution in [1.29, 1.82) is 0 Å². The molecule has 1 aromatic carbocycles. The van der Waals surface area contributed by atoms with E-state index in [1.54, 1.807) is 12.3 Å². The zero-order chi connectivity index (χ0) is 13.2. The standard InChI is InChI=1S/C12H7FN4O2/c13-7-1-2-8(10(18)5-7)12-16-11(17-19-12)9-3-4-14-6-15-9/h1-6,18H. The molecule has 1 N–H and O–H groups in total. The molecule has 0 amide bonds. The first-order chi connectivity index (χ1) is 9.24. The molecule has 0 radical (unpaired) electrons. The van der Waals surface area contributed by atoms with Gasteiger partial charge in [0.25, 0.3) is 5.89 Å². The number of aromatic nitrogens is 4. The molecule has 3 aromatic rings. The van der Waals surface area contributed by atoms with Crippen LogP contribution in [0.5, 0.6) is 5.75 Å². The minimum absolute atomic E-state index is 0.0890. The highest BCUT2D eigenvalue weighted by molar-refractivity contribution is 5.63. The molecule has 0 saturated carbocycles. The van der Waals surface area contributed by atoms with Crippen LogP contribution in [-0.2, 0) is 0 Å². The van der Waals surface area contributed by atoms with E-state index in [0.29, 0.717) is 5.69 Å². The zero-order valence-electron chi connectivity index (χ0n) is 9.49. The fraction of sp³-hybridized carbons (Fsp3) is 0. The molecule has 3 rings (SSSR count). The van der Waals surface area contributed by atoms with Crippen molar-refractivity contribution in [1.82, 2.24) is 20.1 Å². The number of aromatic hydroxyl groups is 1. The third-order valence-electron chi connectivity index (χ3n) is 2.43. The van der Waals surface area contributed by atoms with E-state index < -0.39 is 5.82 Å². The van der Waals surface area contributed by atoms with E-state index in [2.05, 4.69) is 20.1 Å². The second kappa shape index (κ2) is 4.45. The molecular weight excluding hydrogens is 251 g/mol. The third kappa shape index (κ3) is 2.13. The lowest BCUT2D eigenvalue weighted by atomic mass is 10.2. The van der Waals surface area contributed by atoms with Gasteiger partial charge in [-0.2, -0.15) is 4.98 Å². The smallest absolute Gasteiger partial charge is 0.262 e. The van der Waals surface area contributed by atoms with Crippen LogP contribution in [0.25, 0.3) is 23.0 Å². The van der Waals surface area contributed by atoms with Crippen molar-refractivity contribution in [2.45, 2.75) is 0 Å². The summed E-state index contributed by atoms with van der Waals surface area (Å²) in [5.74, 6) is -0.457. The summed E-state index contributed by atoms with van der Waals surface area (Å²) in [6, 6.07) is 5.16. The zero-order valence-corrected chi connectivity index (χ0v) is 9.49. The highest BCUT2D eigenvalue weighted by Gasteiger charge is 2.14. The number of benzene rings is 1. The van der Waals surface area contributed by atoms with Gasteiger partial charge in [0.1, 0.15) is 23.6 Å². The van der Waals surface area contributed by atoms with Crippen molar-refractivity contribution >= 4 is 0 Å². The molecule has 0 fully saturated rings. The van der Waals surface area contributed by atoms with Crippen LogP contribution in [0.4, 0.5) is 4.39 Å². The molecule has 0 aliphatic carbocycles. The SMILES string of the molecule is Oc1cc(F)ccc1-c1nc(-c2ccncn2)no1. The first-order valence-corrected chi connectivity index (χ1v) is 5.33. The van der Waals surface area contributed by atoms with Crippen LogP contribution in [0.3, 0.4) is 0 Å². The first-order valence-electron chi connectivity index (χ1n) is 5.33. The maximum Gasteiger partial charge on any atom is 0.262 e. The van der Waals surface area contributed by atoms with E-state index in [1.165, 1.54) is 18.5 Å². The number of hydrogen-bond acceptors (Lipinski definition) is 6. The van der Waals surface area contributed by atoms with Gasteiger partial charge in [-0.05, 0) is 18.2 Å². The molecular formula is C12H7FN4O2. The van der Waals surface area contributed by atoms with Crippen LogP contribution in [0, 0.1) is 5.82 Å². The summed E-state index contributed by atoms with van der Waals surface area (Å²) in [7, 11) is 0. The normalized spacial score (nSPS) is 10.6. The molecule has 7 heteroatoms. The van der Waals surface area contributed by atoms with E-state index in [-0.39, 0.29) is 23.0 Å². The Morgan fingerprint density at radius 2 is 2.11 bits per heavy atom. The van der Waals surface area contributed by atoms with Gasteiger partial charge < -0.3 is 9.63 Å². The maximum atomic E-state index is 12.9. The van der Waals surface area contributed by atoms with Crippen LogP contribution in [0.1, 0.15) is 0 Å². The van der Waals surface area contributed by atoms with Crippen molar-refractivity contribution in [3.63, 3.8) is 0 Å². The summed E-state index contributed by atoms with van der Waals surface area (Å²) in [5, 5.41) is 13.4. The molecule has 94 valence electrons. The molecule has 19 heavy (non-hydrogen) atoms. The number of phenolic OH excluding ortho intramolecular Hbond substituents is 1. The number of rotatable bonds is 2. The topological polar surface area (TPSA) is 84.9 Å². The van der Waals surface area contributed by atoms with Crippen molar-refractivity contribution in [3.05, 3.63) is 42.6 Å². The van der Waals surface area contributed by atoms with E-state index in [1.807, 2.05) is 0 Å². The summed E-state index contributed by atoms with van der Waals surface area (Å²) in [6.45, 7) is 0. The van der Waals surface area contributed by atoms with Crippen molar-refractivity contribution < 1.29 is 14.0 Å². The first kappa shape index (κ1) is 11.3. The van der Waals surface area contributed by atoms with Gasteiger partial charge in [0.05, 0.1) is 5.56 Å². The van der Waals surface area contributed by atoms with Gasteiger partial charge in [0, 0.05) is 12.3 Å². The fourth-order valence-corrected chi connectivity index (χ4v) is 1.55. The molecule has 0 aliphatic rings. The summed E-state index contributed by atoms with van der Waals surface area (Å²) >= 11 is 0. The van der Waals surface area contributed by atoms with Crippen molar-refractivity contribution in [2.24, 2.45) is 0 Å². The molecule has 0 unspecified atom stereocenters. The Balaban J connectivity index is 2.02. The van der Waals surface area contributed by atoms with E-state index in [9.17, 15) is 9.50 Å². The average molecular weight is 258 g/mol. The summed E-state index contributed by atoms with van der Waals surface area (Å²) in [6.07, 6.45) is 2.91. The third-order valence-corrected chi connectivity index (χ3v) is 2.43. The van der Waals surface area contributed by atoms with Gasteiger partial charge in [-0.15, -0.1) is 0 Å². The van der Waals surface area contributed by atoms with E-state index >= 15 is 0 Å². The van der Waals surface area contributed by atoms with Crippen molar-refractivity contribution in [2.75, 3.05) is 0 Å². The second-order valence-electron chi connectivity index (χ2n) is 3.68. The maximum absolute atomic E-state index is 12.9. The highest BCUT2D eigenvalue weighted by atomic mass is 19.1. The highest BCUT2D eigenvalue weighted by Crippen LogP contribution is 2.29. The lowest BCUT2D eigenvalue weighted by Crippen LogP contribution is -1.86. The largest absolute Gasteiger partial charge is 0.507 e. The van der Waals surface area contributed by atoms with Crippen LogP contribution in [-0.4, -0.2) is 25.2 Å². The van der Waals surface area contributed by atoms with Gasteiger partial charge in [0.2, 0.25) is 5.82 Å². The fourth-order valence-electron chi connectivity index (χ4n) is 1.55. The Morgan fingerprint density at radius 1 is 1.21 bits per heavy atom.